The van der Waals surface area contributed by atoms with E-state index in [0.717, 1.165) is 17.1 Å². The number of hydrogen-bond acceptors (Lipinski definition) is 7. The van der Waals surface area contributed by atoms with Gasteiger partial charge in [-0.25, -0.2) is 18.4 Å². The lowest BCUT2D eigenvalue weighted by Gasteiger charge is -2.26. The number of hydrogen-bond donors (Lipinski definition) is 0. The molecule has 9 nitrogen and oxygen atoms in total. The molecule has 0 amide bonds. The Kier molecular flexibility index (Phi) is 7.13. The molecule has 1 aromatic heterocycles. The van der Waals surface area contributed by atoms with Gasteiger partial charge in [0.2, 0.25) is 10.0 Å². The molecule has 10 heteroatoms. The van der Waals surface area contributed by atoms with Crippen molar-refractivity contribution < 1.29 is 13.3 Å². The van der Waals surface area contributed by atoms with E-state index in [1.54, 1.807) is 0 Å². The van der Waals surface area contributed by atoms with Crippen LogP contribution in [0.3, 0.4) is 0 Å². The summed E-state index contributed by atoms with van der Waals surface area (Å²) in [5.41, 5.74) is 4.21. The van der Waals surface area contributed by atoms with Crippen LogP contribution in [0.5, 0.6) is 0 Å². The highest BCUT2D eigenvalue weighted by atomic mass is 32.2. The number of nitro benzene ring substituents is 1. The number of aromatic nitrogens is 2. The van der Waals surface area contributed by atoms with E-state index in [1.807, 2.05) is 13.8 Å². The van der Waals surface area contributed by atoms with Crippen LogP contribution in [0.1, 0.15) is 34.6 Å². The van der Waals surface area contributed by atoms with E-state index in [1.165, 1.54) is 39.7 Å². The fourth-order valence-electron chi connectivity index (χ4n) is 4.33. The Bertz CT molecular complexity index is 1330. The second kappa shape index (κ2) is 10.1. The Hall–Kier alpha value is -3.37. The number of non-ortho nitro benzene ring substituents is 1. The van der Waals surface area contributed by atoms with Crippen molar-refractivity contribution in [1.82, 2.24) is 14.3 Å². The second-order valence-corrected chi connectivity index (χ2v) is 10.8. The van der Waals surface area contributed by atoms with Gasteiger partial charge in [-0.1, -0.05) is 29.8 Å². The highest BCUT2D eigenvalue weighted by Crippen LogP contribution is 2.27. The van der Waals surface area contributed by atoms with Gasteiger partial charge in [-0.3, -0.25) is 10.1 Å². The van der Waals surface area contributed by atoms with Crippen molar-refractivity contribution in [3.8, 4) is 0 Å². The largest absolute Gasteiger partial charge is 0.355 e. The van der Waals surface area contributed by atoms with Gasteiger partial charge in [0.05, 0.1) is 9.82 Å². The molecule has 1 saturated heterocycles. The minimum atomic E-state index is -3.76. The summed E-state index contributed by atoms with van der Waals surface area (Å²) in [5.74, 6) is 1.54. The van der Waals surface area contributed by atoms with E-state index >= 15 is 0 Å². The van der Waals surface area contributed by atoms with Crippen molar-refractivity contribution in [2.45, 2.75) is 38.5 Å². The Balaban J connectivity index is 1.57. The fraction of sp³-hybridized carbons (Fsp3) is 0.360. The van der Waals surface area contributed by atoms with Gasteiger partial charge in [-0.15, -0.1) is 0 Å². The van der Waals surface area contributed by atoms with Crippen LogP contribution in [0, 0.1) is 30.9 Å². The molecule has 1 aliphatic rings. The average molecular weight is 496 g/mol. The predicted molar refractivity (Wildman–Crippen MR) is 134 cm³/mol. The van der Waals surface area contributed by atoms with Gasteiger partial charge in [0, 0.05) is 56.0 Å². The van der Waals surface area contributed by atoms with Gasteiger partial charge >= 0.3 is 0 Å². The summed E-state index contributed by atoms with van der Waals surface area (Å²) < 4.78 is 27.9. The number of aryl methyl sites for hydroxylation is 3. The van der Waals surface area contributed by atoms with E-state index in [9.17, 15) is 18.5 Å². The molecule has 0 unspecified atom stereocenters. The first-order valence-electron chi connectivity index (χ1n) is 11.5. The van der Waals surface area contributed by atoms with E-state index < -0.39 is 14.9 Å². The lowest BCUT2D eigenvalue weighted by molar-refractivity contribution is -0.384. The zero-order valence-electron chi connectivity index (χ0n) is 20.1. The first kappa shape index (κ1) is 24.7. The van der Waals surface area contributed by atoms with Crippen molar-refractivity contribution in [2.75, 3.05) is 31.1 Å². The highest BCUT2D eigenvalue weighted by molar-refractivity contribution is 7.89. The van der Waals surface area contributed by atoms with Gasteiger partial charge in [-0.05, 0) is 44.9 Å². The molecule has 0 saturated carbocycles. The fourth-order valence-corrected chi connectivity index (χ4v) is 5.80. The van der Waals surface area contributed by atoms with Crippen LogP contribution in [-0.2, 0) is 16.4 Å². The number of anilines is 1. The highest BCUT2D eigenvalue weighted by Gasteiger charge is 2.29. The summed E-state index contributed by atoms with van der Waals surface area (Å²) in [7, 11) is -3.76. The third-order valence-corrected chi connectivity index (χ3v) is 8.16. The van der Waals surface area contributed by atoms with Crippen molar-refractivity contribution in [3.05, 3.63) is 86.9 Å². The second-order valence-electron chi connectivity index (χ2n) is 8.82. The quantitative estimate of drug-likeness (QED) is 0.378. The normalized spacial score (nSPS) is 15.1. The van der Waals surface area contributed by atoms with Gasteiger partial charge in [-0.2, -0.15) is 4.31 Å². The number of nitrogens with zero attached hydrogens (tertiary/aromatic N) is 5. The van der Waals surface area contributed by atoms with Crippen LogP contribution >= 0.6 is 0 Å². The maximum atomic E-state index is 13.2. The molecule has 3 aromatic rings. The molecular formula is C25H29N5O4S. The molecule has 0 aliphatic carbocycles. The number of rotatable bonds is 6. The third-order valence-electron chi connectivity index (χ3n) is 6.25. The Morgan fingerprint density at radius 3 is 2.26 bits per heavy atom. The molecule has 35 heavy (non-hydrogen) atoms. The molecule has 2 aromatic carbocycles. The molecule has 0 spiro atoms. The van der Waals surface area contributed by atoms with Crippen LogP contribution in [0.4, 0.5) is 11.5 Å². The van der Waals surface area contributed by atoms with E-state index in [0.29, 0.717) is 44.8 Å². The summed E-state index contributed by atoms with van der Waals surface area (Å²) in [5, 5.41) is 10.9. The lowest BCUT2D eigenvalue weighted by Crippen LogP contribution is -2.35. The Morgan fingerprint density at radius 2 is 1.60 bits per heavy atom. The molecule has 1 fully saturated rings. The molecule has 0 radical (unpaired) electrons. The van der Waals surface area contributed by atoms with Gasteiger partial charge < -0.3 is 4.90 Å². The minimum absolute atomic E-state index is 0.0605. The smallest absolute Gasteiger partial charge is 0.269 e. The van der Waals surface area contributed by atoms with Gasteiger partial charge in [0.1, 0.15) is 11.6 Å². The molecule has 184 valence electrons. The topological polar surface area (TPSA) is 110 Å². The van der Waals surface area contributed by atoms with Crippen LogP contribution in [0.25, 0.3) is 0 Å². The molecule has 0 bridgehead atoms. The SMILES string of the molecule is Cc1ccc(Cc2c(C)nc(C)nc2N2CCCN(S(=O)(=O)c3ccc([N+](=O)[O-])cc3)CC2)cc1. The predicted octanol–water partition coefficient (Wildman–Crippen LogP) is 3.80. The van der Waals surface area contributed by atoms with Crippen molar-refractivity contribution >= 4 is 21.5 Å². The standard InChI is InChI=1S/C25H29N5O4S/c1-18-5-7-21(8-6-18)17-24-19(2)26-20(3)27-25(24)28-13-4-14-29(16-15-28)35(33,34)23-11-9-22(10-12-23)30(31)32/h5-12H,4,13-17H2,1-3H3. The Morgan fingerprint density at radius 1 is 0.914 bits per heavy atom. The van der Waals surface area contributed by atoms with Crippen molar-refractivity contribution in [1.29, 1.82) is 0 Å². The number of benzene rings is 2. The van der Waals surface area contributed by atoms with E-state index in [4.69, 9.17) is 4.98 Å². The summed E-state index contributed by atoms with van der Waals surface area (Å²) in [6, 6.07) is 13.4. The van der Waals surface area contributed by atoms with Crippen molar-refractivity contribution in [3.63, 3.8) is 0 Å². The molecule has 2 heterocycles. The number of sulfonamides is 1. The molecule has 1 aliphatic heterocycles. The van der Waals surface area contributed by atoms with Gasteiger partial charge in [0.25, 0.3) is 5.69 Å². The first-order chi connectivity index (χ1) is 16.6. The third kappa shape index (κ3) is 5.49. The zero-order valence-corrected chi connectivity index (χ0v) is 21.0. The molecule has 0 N–H and O–H groups in total. The van der Waals surface area contributed by atoms with Crippen LogP contribution < -0.4 is 4.90 Å². The first-order valence-corrected chi connectivity index (χ1v) is 13.0. The van der Waals surface area contributed by atoms with E-state index in [2.05, 4.69) is 41.1 Å². The monoisotopic (exact) mass is 495 g/mol. The van der Waals surface area contributed by atoms with Gasteiger partial charge in [0.15, 0.2) is 0 Å². The van der Waals surface area contributed by atoms with Crippen LogP contribution in [-0.4, -0.2) is 53.8 Å². The molecule has 4 rings (SSSR count). The summed E-state index contributed by atoms with van der Waals surface area (Å²) >= 11 is 0. The molecular weight excluding hydrogens is 466 g/mol. The van der Waals surface area contributed by atoms with Crippen LogP contribution in [0.2, 0.25) is 0 Å². The Labute approximate surface area is 205 Å². The molecule has 0 atom stereocenters. The summed E-state index contributed by atoms with van der Waals surface area (Å²) in [4.78, 5) is 21.9. The lowest BCUT2D eigenvalue weighted by atomic mass is 10.0. The van der Waals surface area contributed by atoms with Crippen LogP contribution in [0.15, 0.2) is 53.4 Å². The maximum Gasteiger partial charge on any atom is 0.269 e. The van der Waals surface area contributed by atoms with Crippen molar-refractivity contribution in [2.24, 2.45) is 0 Å². The zero-order chi connectivity index (χ0) is 25.2. The summed E-state index contributed by atoms with van der Waals surface area (Å²) in [6.45, 7) is 7.74. The summed E-state index contributed by atoms with van der Waals surface area (Å²) in [6.07, 6.45) is 1.33. The maximum absolute atomic E-state index is 13.2. The van der Waals surface area contributed by atoms with E-state index in [-0.39, 0.29) is 10.6 Å². The average Bonchev–Trinajstić information content (AvgIpc) is 3.09. The number of nitro groups is 1. The minimum Gasteiger partial charge on any atom is -0.355 e.